The summed E-state index contributed by atoms with van der Waals surface area (Å²) in [5.74, 6) is 1.51. The van der Waals surface area contributed by atoms with E-state index in [1.807, 2.05) is 59.6 Å². The monoisotopic (exact) mass is 369 g/mol. The molecule has 0 saturated carbocycles. The average Bonchev–Trinajstić information content (AvgIpc) is 3.19. The predicted octanol–water partition coefficient (Wildman–Crippen LogP) is 5.09. The highest BCUT2D eigenvalue weighted by molar-refractivity contribution is 5.79. The predicted molar refractivity (Wildman–Crippen MR) is 115 cm³/mol. The number of aliphatic imine (C=N–C) groups is 1. The third-order valence-electron chi connectivity index (χ3n) is 4.73. The molecule has 0 spiro atoms. The van der Waals surface area contributed by atoms with Gasteiger partial charge >= 0.3 is 0 Å². The molecular formula is C23H23N5. The van der Waals surface area contributed by atoms with Crippen LogP contribution in [0, 0.1) is 0 Å². The molecule has 0 unspecified atom stereocenters. The third-order valence-corrected chi connectivity index (χ3v) is 4.73. The molecule has 5 heteroatoms. The molecule has 0 amide bonds. The molecule has 0 aliphatic rings. The first kappa shape index (κ1) is 17.9. The van der Waals surface area contributed by atoms with Crippen molar-refractivity contribution in [2.24, 2.45) is 4.99 Å². The van der Waals surface area contributed by atoms with Gasteiger partial charge in [-0.15, -0.1) is 0 Å². The summed E-state index contributed by atoms with van der Waals surface area (Å²) in [7, 11) is 0. The van der Waals surface area contributed by atoms with Crippen molar-refractivity contribution in [2.75, 3.05) is 13.1 Å². The van der Waals surface area contributed by atoms with Crippen molar-refractivity contribution in [3.63, 3.8) is 0 Å². The van der Waals surface area contributed by atoms with Crippen molar-refractivity contribution in [1.82, 2.24) is 19.7 Å². The molecule has 140 valence electrons. The zero-order chi connectivity index (χ0) is 19.3. The number of benzene rings is 2. The maximum atomic E-state index is 4.81. The summed E-state index contributed by atoms with van der Waals surface area (Å²) in [6, 6.07) is 24.3. The Hall–Kier alpha value is -3.47. The van der Waals surface area contributed by atoms with Gasteiger partial charge in [-0.3, -0.25) is 0 Å². The number of rotatable bonds is 6. The number of para-hydroxylation sites is 1. The highest BCUT2D eigenvalue weighted by atomic mass is 15.4. The van der Waals surface area contributed by atoms with Gasteiger partial charge in [0.1, 0.15) is 0 Å². The van der Waals surface area contributed by atoms with Crippen LogP contribution < -0.4 is 0 Å². The first-order valence-corrected chi connectivity index (χ1v) is 9.58. The molecular weight excluding hydrogens is 346 g/mol. The van der Waals surface area contributed by atoms with Crippen LogP contribution in [-0.4, -0.2) is 39.1 Å². The highest BCUT2D eigenvalue weighted by Gasteiger charge is 2.12. The molecule has 0 aliphatic heterocycles. The van der Waals surface area contributed by atoms with Crippen molar-refractivity contribution in [1.29, 1.82) is 0 Å². The molecule has 0 aliphatic carbocycles. The lowest BCUT2D eigenvalue weighted by Crippen LogP contribution is -2.20. The van der Waals surface area contributed by atoms with Gasteiger partial charge in [-0.05, 0) is 32.0 Å². The Morgan fingerprint density at radius 3 is 2.46 bits per heavy atom. The lowest BCUT2D eigenvalue weighted by atomic mass is 10.2. The van der Waals surface area contributed by atoms with Crippen LogP contribution in [0.25, 0.3) is 28.0 Å². The summed E-state index contributed by atoms with van der Waals surface area (Å²) < 4.78 is 1.81. The second kappa shape index (κ2) is 8.05. The van der Waals surface area contributed by atoms with Gasteiger partial charge in [-0.2, -0.15) is 9.78 Å². The van der Waals surface area contributed by atoms with Gasteiger partial charge < -0.3 is 4.90 Å². The maximum absolute atomic E-state index is 4.81. The van der Waals surface area contributed by atoms with Crippen LogP contribution in [0.1, 0.15) is 13.8 Å². The topological polar surface area (TPSA) is 46.3 Å². The molecule has 0 N–H and O–H groups in total. The minimum Gasteiger partial charge on any atom is -0.363 e. The number of pyridine rings is 1. The smallest absolute Gasteiger partial charge is 0.159 e. The fourth-order valence-electron chi connectivity index (χ4n) is 3.08. The van der Waals surface area contributed by atoms with Crippen molar-refractivity contribution in [3.05, 3.63) is 72.8 Å². The molecule has 0 fully saturated rings. The van der Waals surface area contributed by atoms with Crippen LogP contribution in [0.3, 0.4) is 0 Å². The molecule has 0 radical (unpaired) electrons. The standard InChI is InChI=1S/C23H23N5/c1-3-27(4-2)17-24-23-16-21(18-10-6-5-7-11-18)26-28(23)22-15-14-19-12-8-9-13-20(19)25-22/h5-17H,3-4H2,1-2H3/b24-17+. The zero-order valence-electron chi connectivity index (χ0n) is 16.2. The maximum Gasteiger partial charge on any atom is 0.159 e. The van der Waals surface area contributed by atoms with Gasteiger partial charge in [0.05, 0.1) is 17.5 Å². The van der Waals surface area contributed by atoms with Crippen molar-refractivity contribution in [3.8, 4) is 17.1 Å². The first-order valence-electron chi connectivity index (χ1n) is 9.58. The normalized spacial score (nSPS) is 11.4. The van der Waals surface area contributed by atoms with Crippen LogP contribution >= 0.6 is 0 Å². The molecule has 28 heavy (non-hydrogen) atoms. The Kier molecular flexibility index (Phi) is 5.15. The lowest BCUT2D eigenvalue weighted by molar-refractivity contribution is 0.479. The number of fused-ring (bicyclic) bond motifs is 1. The quantitative estimate of drug-likeness (QED) is 0.351. The minimum atomic E-state index is 0.757. The van der Waals surface area contributed by atoms with Gasteiger partial charge in [0.2, 0.25) is 0 Å². The number of hydrogen-bond donors (Lipinski definition) is 0. The van der Waals surface area contributed by atoms with E-state index in [0.717, 1.165) is 46.9 Å². The Labute approximate surface area is 165 Å². The molecule has 2 heterocycles. The Balaban J connectivity index is 1.82. The van der Waals surface area contributed by atoms with Crippen molar-refractivity contribution in [2.45, 2.75) is 13.8 Å². The minimum absolute atomic E-state index is 0.757. The average molecular weight is 369 g/mol. The molecule has 4 rings (SSSR count). The number of aromatic nitrogens is 3. The summed E-state index contributed by atoms with van der Waals surface area (Å²) in [5.41, 5.74) is 2.87. The van der Waals surface area contributed by atoms with Gasteiger partial charge in [0.15, 0.2) is 11.6 Å². The summed E-state index contributed by atoms with van der Waals surface area (Å²) in [6.45, 7) is 6.06. The molecule has 2 aromatic heterocycles. The molecule has 2 aromatic carbocycles. The van der Waals surface area contributed by atoms with E-state index in [4.69, 9.17) is 15.1 Å². The fraction of sp³-hybridized carbons (Fsp3) is 0.174. The Morgan fingerprint density at radius 2 is 1.68 bits per heavy atom. The number of hydrogen-bond acceptors (Lipinski definition) is 3. The van der Waals surface area contributed by atoms with E-state index in [9.17, 15) is 0 Å². The SMILES string of the molecule is CCN(/C=N/c1cc(-c2ccccc2)nn1-c1ccc2ccccc2n1)CC. The third kappa shape index (κ3) is 3.64. The second-order valence-corrected chi connectivity index (χ2v) is 6.49. The van der Waals surface area contributed by atoms with Crippen LogP contribution in [0.5, 0.6) is 0 Å². The van der Waals surface area contributed by atoms with E-state index in [-0.39, 0.29) is 0 Å². The van der Waals surface area contributed by atoms with E-state index >= 15 is 0 Å². The van der Waals surface area contributed by atoms with E-state index in [1.165, 1.54) is 0 Å². The summed E-state index contributed by atoms with van der Waals surface area (Å²) >= 11 is 0. The lowest BCUT2D eigenvalue weighted by Gasteiger charge is -2.13. The summed E-state index contributed by atoms with van der Waals surface area (Å²) in [5, 5.41) is 5.92. The first-order chi connectivity index (χ1) is 13.8. The summed E-state index contributed by atoms with van der Waals surface area (Å²) in [6.07, 6.45) is 1.88. The van der Waals surface area contributed by atoms with Gasteiger partial charge in [-0.1, -0.05) is 48.5 Å². The molecule has 0 saturated heterocycles. The van der Waals surface area contributed by atoms with Crippen molar-refractivity contribution >= 4 is 23.1 Å². The van der Waals surface area contributed by atoms with Gasteiger partial charge in [0, 0.05) is 30.1 Å². The van der Waals surface area contributed by atoms with Gasteiger partial charge in [-0.25, -0.2) is 9.98 Å². The van der Waals surface area contributed by atoms with Crippen LogP contribution in [0.2, 0.25) is 0 Å². The largest absolute Gasteiger partial charge is 0.363 e. The second-order valence-electron chi connectivity index (χ2n) is 6.49. The van der Waals surface area contributed by atoms with Crippen LogP contribution in [0.15, 0.2) is 77.8 Å². The molecule has 0 atom stereocenters. The highest BCUT2D eigenvalue weighted by Crippen LogP contribution is 2.26. The summed E-state index contributed by atoms with van der Waals surface area (Å²) in [4.78, 5) is 11.7. The van der Waals surface area contributed by atoms with E-state index in [1.54, 1.807) is 0 Å². The van der Waals surface area contributed by atoms with Crippen molar-refractivity contribution < 1.29 is 0 Å². The Morgan fingerprint density at radius 1 is 0.929 bits per heavy atom. The van der Waals surface area contributed by atoms with Crippen LogP contribution in [-0.2, 0) is 0 Å². The molecule has 4 aromatic rings. The van der Waals surface area contributed by atoms with E-state index in [0.29, 0.717) is 0 Å². The van der Waals surface area contributed by atoms with Gasteiger partial charge in [0.25, 0.3) is 0 Å². The van der Waals surface area contributed by atoms with E-state index < -0.39 is 0 Å². The van der Waals surface area contributed by atoms with Crippen LogP contribution in [0.4, 0.5) is 5.82 Å². The molecule has 0 bridgehead atoms. The Bertz CT molecular complexity index is 1090. The zero-order valence-corrected chi connectivity index (χ0v) is 16.2. The number of nitrogens with zero attached hydrogens (tertiary/aromatic N) is 5. The fourth-order valence-corrected chi connectivity index (χ4v) is 3.08. The van der Waals surface area contributed by atoms with E-state index in [2.05, 4.69) is 43.0 Å². The molecule has 5 nitrogen and oxygen atoms in total.